The van der Waals surface area contributed by atoms with E-state index in [1.807, 2.05) is 6.92 Å². The lowest BCUT2D eigenvalue weighted by atomic mass is 10.0. The van der Waals surface area contributed by atoms with E-state index in [1.165, 1.54) is 58.4 Å². The third-order valence-corrected chi connectivity index (χ3v) is 8.87. The number of piperidine rings is 1. The number of thiazole rings is 1. The Labute approximate surface area is 210 Å². The Kier molecular flexibility index (Phi) is 7.33. The molecule has 0 radical (unpaired) electrons. The summed E-state index contributed by atoms with van der Waals surface area (Å²) < 4.78 is 34.1. The van der Waals surface area contributed by atoms with Gasteiger partial charge in [-0.2, -0.15) is 9.30 Å². The number of nitro groups is 1. The van der Waals surface area contributed by atoms with Crippen molar-refractivity contribution in [3.8, 4) is 0 Å². The molecule has 0 aliphatic carbocycles. The molecule has 2 aromatic carbocycles. The molecule has 1 unspecified atom stereocenters. The zero-order valence-corrected chi connectivity index (χ0v) is 21.3. The van der Waals surface area contributed by atoms with Crippen LogP contribution in [-0.2, 0) is 26.1 Å². The minimum absolute atomic E-state index is 0.100. The molecule has 1 atom stereocenters. The van der Waals surface area contributed by atoms with Crippen molar-refractivity contribution >= 4 is 49.1 Å². The highest BCUT2D eigenvalue weighted by molar-refractivity contribution is 7.89. The van der Waals surface area contributed by atoms with Crippen LogP contribution in [0.3, 0.4) is 0 Å². The van der Waals surface area contributed by atoms with Gasteiger partial charge in [-0.3, -0.25) is 19.7 Å². The van der Waals surface area contributed by atoms with Crippen molar-refractivity contribution in [1.29, 1.82) is 0 Å². The van der Waals surface area contributed by atoms with E-state index in [0.717, 1.165) is 24.2 Å². The molecule has 190 valence electrons. The highest BCUT2D eigenvalue weighted by Crippen LogP contribution is 2.25. The molecule has 13 heteroatoms. The molecule has 0 spiro atoms. The molecular weight excluding hydrogens is 508 g/mol. The van der Waals surface area contributed by atoms with E-state index in [0.29, 0.717) is 23.3 Å². The number of nitrogens with zero attached hydrogens (tertiary/aromatic N) is 4. The topological polar surface area (TPSA) is 141 Å². The predicted octanol–water partition coefficient (Wildman–Crippen LogP) is 2.95. The molecule has 3 aromatic rings. The number of sulfonamides is 1. The van der Waals surface area contributed by atoms with Crippen LogP contribution in [0.2, 0.25) is 0 Å². The molecule has 1 aliphatic rings. The number of rotatable bonds is 6. The molecule has 0 bridgehead atoms. The lowest BCUT2D eigenvalue weighted by Gasteiger charge is -2.30. The van der Waals surface area contributed by atoms with Gasteiger partial charge in [0.2, 0.25) is 10.0 Å². The Morgan fingerprint density at radius 2 is 1.94 bits per heavy atom. The third-order valence-electron chi connectivity index (χ3n) is 5.95. The normalized spacial score (nSPS) is 17.3. The van der Waals surface area contributed by atoms with Gasteiger partial charge in [0.15, 0.2) is 4.80 Å². The van der Waals surface area contributed by atoms with E-state index in [-0.39, 0.29) is 33.4 Å². The standard InChI is InChI=1S/C23H24N4O7S2/c1-15-4-3-11-25(13-15)36(32,33)18-8-5-16(6-9-18)22(29)24-23-26(14-21(28)34-2)19-10-7-17(27(30)31)12-20(19)35-23/h5-10,12,15H,3-4,11,13-14H2,1-2H3. The predicted molar refractivity (Wildman–Crippen MR) is 132 cm³/mol. The van der Waals surface area contributed by atoms with E-state index in [2.05, 4.69) is 4.99 Å². The van der Waals surface area contributed by atoms with Gasteiger partial charge in [0.05, 0.1) is 27.1 Å². The van der Waals surface area contributed by atoms with Crippen LogP contribution < -0.4 is 4.80 Å². The first-order valence-electron chi connectivity index (χ1n) is 11.1. The zero-order chi connectivity index (χ0) is 26.0. The van der Waals surface area contributed by atoms with Gasteiger partial charge in [-0.05, 0) is 49.1 Å². The van der Waals surface area contributed by atoms with Crippen molar-refractivity contribution in [2.75, 3.05) is 20.2 Å². The first kappa shape index (κ1) is 25.7. The fourth-order valence-electron chi connectivity index (χ4n) is 4.04. The van der Waals surface area contributed by atoms with Crippen LogP contribution in [0.4, 0.5) is 5.69 Å². The first-order chi connectivity index (χ1) is 17.1. The zero-order valence-electron chi connectivity index (χ0n) is 19.6. The number of esters is 1. The summed E-state index contributed by atoms with van der Waals surface area (Å²) in [6, 6.07) is 9.69. The second-order valence-corrected chi connectivity index (χ2v) is 11.5. The van der Waals surface area contributed by atoms with Crippen LogP contribution in [-0.4, -0.2) is 54.3 Å². The quantitative estimate of drug-likeness (QED) is 0.270. The first-order valence-corrected chi connectivity index (χ1v) is 13.4. The smallest absolute Gasteiger partial charge is 0.325 e. The molecule has 1 aliphatic heterocycles. The van der Waals surface area contributed by atoms with E-state index in [9.17, 15) is 28.1 Å². The largest absolute Gasteiger partial charge is 0.468 e. The summed E-state index contributed by atoms with van der Waals surface area (Å²) in [5.41, 5.74) is 0.514. The molecule has 36 heavy (non-hydrogen) atoms. The lowest BCUT2D eigenvalue weighted by molar-refractivity contribution is -0.384. The monoisotopic (exact) mass is 532 g/mol. The number of hydrogen-bond donors (Lipinski definition) is 0. The molecule has 4 rings (SSSR count). The van der Waals surface area contributed by atoms with Crippen LogP contribution >= 0.6 is 11.3 Å². The summed E-state index contributed by atoms with van der Waals surface area (Å²) >= 11 is 1.02. The number of aromatic nitrogens is 1. The maximum absolute atomic E-state index is 13.0. The minimum Gasteiger partial charge on any atom is -0.468 e. The van der Waals surface area contributed by atoms with Gasteiger partial charge in [-0.15, -0.1) is 0 Å². The molecule has 2 heterocycles. The molecule has 11 nitrogen and oxygen atoms in total. The number of non-ortho nitro benzene ring substituents is 1. The SMILES string of the molecule is COC(=O)Cn1c(=NC(=O)c2ccc(S(=O)(=O)N3CCCC(C)C3)cc2)sc2cc([N+](=O)[O-])ccc21. The van der Waals surface area contributed by atoms with Crippen molar-refractivity contribution in [1.82, 2.24) is 8.87 Å². The highest BCUT2D eigenvalue weighted by atomic mass is 32.2. The number of nitro benzene ring substituents is 1. The van der Waals surface area contributed by atoms with Crippen molar-refractivity contribution in [2.45, 2.75) is 31.2 Å². The fourth-order valence-corrected chi connectivity index (χ4v) is 6.70. The average molecular weight is 533 g/mol. The molecular formula is C23H24N4O7S2. The van der Waals surface area contributed by atoms with Crippen LogP contribution in [0.25, 0.3) is 10.2 Å². The van der Waals surface area contributed by atoms with Crippen LogP contribution in [0.15, 0.2) is 52.4 Å². The third kappa shape index (κ3) is 5.22. The van der Waals surface area contributed by atoms with Gasteiger partial charge in [0.25, 0.3) is 11.6 Å². The Morgan fingerprint density at radius 1 is 1.22 bits per heavy atom. The van der Waals surface area contributed by atoms with Crippen molar-refractivity contribution < 1.29 is 27.7 Å². The van der Waals surface area contributed by atoms with Gasteiger partial charge in [-0.1, -0.05) is 18.3 Å². The highest BCUT2D eigenvalue weighted by Gasteiger charge is 2.28. The Hall–Kier alpha value is -3.42. The maximum Gasteiger partial charge on any atom is 0.325 e. The van der Waals surface area contributed by atoms with Gasteiger partial charge in [0.1, 0.15) is 6.54 Å². The number of carbonyl (C=O) groups is 2. The summed E-state index contributed by atoms with van der Waals surface area (Å²) in [5.74, 6) is -0.943. The number of methoxy groups -OCH3 is 1. The number of amides is 1. The van der Waals surface area contributed by atoms with Gasteiger partial charge in [0, 0.05) is 30.8 Å². The number of carbonyl (C=O) groups excluding carboxylic acids is 2. The van der Waals surface area contributed by atoms with E-state index >= 15 is 0 Å². The number of fused-ring (bicyclic) bond motifs is 1. The number of benzene rings is 2. The Balaban J connectivity index is 1.68. The number of ether oxygens (including phenoxy) is 1. The second kappa shape index (κ2) is 10.3. The van der Waals surface area contributed by atoms with E-state index < -0.39 is 26.8 Å². The molecule has 1 saturated heterocycles. The average Bonchev–Trinajstić information content (AvgIpc) is 3.19. The maximum atomic E-state index is 13.0. The Bertz CT molecular complexity index is 1510. The molecule has 1 fully saturated rings. The van der Waals surface area contributed by atoms with E-state index in [1.54, 1.807) is 0 Å². The van der Waals surface area contributed by atoms with Gasteiger partial charge in [-0.25, -0.2) is 8.42 Å². The molecule has 1 amide bonds. The molecule has 1 aromatic heterocycles. The lowest BCUT2D eigenvalue weighted by Crippen LogP contribution is -2.39. The van der Waals surface area contributed by atoms with Crippen LogP contribution in [0.1, 0.15) is 30.1 Å². The van der Waals surface area contributed by atoms with Gasteiger partial charge < -0.3 is 9.30 Å². The van der Waals surface area contributed by atoms with Gasteiger partial charge >= 0.3 is 5.97 Å². The summed E-state index contributed by atoms with van der Waals surface area (Å²) in [6.07, 6.45) is 1.79. The van der Waals surface area contributed by atoms with Crippen molar-refractivity contribution in [2.24, 2.45) is 10.9 Å². The Morgan fingerprint density at radius 3 is 2.58 bits per heavy atom. The van der Waals surface area contributed by atoms with Crippen molar-refractivity contribution in [3.05, 3.63) is 62.9 Å². The van der Waals surface area contributed by atoms with Crippen LogP contribution in [0.5, 0.6) is 0 Å². The minimum atomic E-state index is -3.66. The second-order valence-electron chi connectivity index (χ2n) is 8.51. The summed E-state index contributed by atoms with van der Waals surface area (Å²) in [7, 11) is -2.44. The molecule has 0 saturated carbocycles. The summed E-state index contributed by atoms with van der Waals surface area (Å²) in [5, 5.41) is 11.1. The fraction of sp³-hybridized carbons (Fsp3) is 0.348. The molecule has 0 N–H and O–H groups in total. The number of hydrogen-bond acceptors (Lipinski definition) is 8. The summed E-state index contributed by atoms with van der Waals surface area (Å²) in [6.45, 7) is 2.70. The van der Waals surface area contributed by atoms with Crippen LogP contribution in [0, 0.1) is 16.0 Å². The summed E-state index contributed by atoms with van der Waals surface area (Å²) in [4.78, 5) is 39.9. The van der Waals surface area contributed by atoms with E-state index in [4.69, 9.17) is 4.74 Å². The van der Waals surface area contributed by atoms with Crippen molar-refractivity contribution in [3.63, 3.8) is 0 Å².